The molecule has 0 aliphatic rings. The number of carbonyl (C=O) groups is 2. The summed E-state index contributed by atoms with van der Waals surface area (Å²) in [4.78, 5) is 31.2. The molecule has 0 spiro atoms. The predicted molar refractivity (Wildman–Crippen MR) is 131 cm³/mol. The number of amides is 2. The van der Waals surface area contributed by atoms with Crippen molar-refractivity contribution in [2.24, 2.45) is 7.05 Å². The third-order valence-corrected chi connectivity index (χ3v) is 6.21. The molecule has 1 aromatic carbocycles. The van der Waals surface area contributed by atoms with Gasteiger partial charge in [-0.05, 0) is 54.8 Å². The van der Waals surface area contributed by atoms with Crippen molar-refractivity contribution >= 4 is 39.9 Å². The highest BCUT2D eigenvalue weighted by atomic mass is 32.1. The number of aryl methyl sites for hydroxylation is 2. The normalized spacial score (nSPS) is 11.0. The predicted octanol–water partition coefficient (Wildman–Crippen LogP) is 3.56. The lowest BCUT2D eigenvalue weighted by molar-refractivity contribution is -0.115. The van der Waals surface area contributed by atoms with Crippen molar-refractivity contribution in [1.29, 1.82) is 0 Å². The van der Waals surface area contributed by atoms with E-state index in [9.17, 15) is 9.59 Å². The number of anilines is 1. The van der Waals surface area contributed by atoms with Gasteiger partial charge in [-0.15, -0.1) is 11.3 Å². The first kappa shape index (κ1) is 21.5. The number of nitrogens with one attached hydrogen (secondary N) is 2. The van der Waals surface area contributed by atoms with Crippen molar-refractivity contribution in [2.45, 2.75) is 6.92 Å². The van der Waals surface area contributed by atoms with Crippen molar-refractivity contribution in [3.05, 3.63) is 77.6 Å². The third-order valence-electron chi connectivity index (χ3n) is 5.32. The number of fused-ring (bicyclic) bond motifs is 1. The maximum atomic E-state index is 13.1. The number of aromatic nitrogens is 5. The average molecular weight is 472 g/mol. The Bertz CT molecular complexity index is 1470. The first-order chi connectivity index (χ1) is 16.5. The summed E-state index contributed by atoms with van der Waals surface area (Å²) >= 11 is 1.54. The highest BCUT2D eigenvalue weighted by molar-refractivity contribution is 7.13. The van der Waals surface area contributed by atoms with Gasteiger partial charge in [0.2, 0.25) is 5.91 Å². The Morgan fingerprint density at radius 3 is 2.65 bits per heavy atom. The van der Waals surface area contributed by atoms with Crippen molar-refractivity contribution in [3.8, 4) is 16.3 Å². The monoisotopic (exact) mass is 471 g/mol. The molecule has 10 heteroatoms. The van der Waals surface area contributed by atoms with Gasteiger partial charge in [0, 0.05) is 25.1 Å². The maximum absolute atomic E-state index is 13.1. The first-order valence-corrected chi connectivity index (χ1v) is 11.4. The summed E-state index contributed by atoms with van der Waals surface area (Å²) in [6.45, 7) is 1.67. The van der Waals surface area contributed by atoms with Crippen LogP contribution in [0.15, 0.2) is 66.3 Å². The molecule has 0 aliphatic heterocycles. The Kier molecular flexibility index (Phi) is 5.64. The summed E-state index contributed by atoms with van der Waals surface area (Å²) in [5, 5.41) is 16.8. The van der Waals surface area contributed by atoms with Crippen molar-refractivity contribution in [1.82, 2.24) is 29.9 Å². The summed E-state index contributed by atoms with van der Waals surface area (Å²) in [5.74, 6) is -0.683. The molecule has 170 valence electrons. The van der Waals surface area contributed by atoms with E-state index < -0.39 is 0 Å². The Balaban J connectivity index is 1.31. The largest absolute Gasteiger partial charge is 0.343 e. The molecule has 5 rings (SSSR count). The van der Waals surface area contributed by atoms with Gasteiger partial charge in [0.1, 0.15) is 0 Å². The van der Waals surface area contributed by atoms with E-state index in [0.717, 1.165) is 10.6 Å². The molecule has 34 heavy (non-hydrogen) atoms. The van der Waals surface area contributed by atoms with E-state index in [0.29, 0.717) is 33.7 Å². The standard InChI is InChI=1S/C24H21N7O2S/c1-15-22-18(13-19(20-5-3-12-34-20)28-23(22)30(2)29-15)24(33)25-14-21(32)27-16-6-8-17(9-7-16)31-11-4-10-26-31/h3-13H,14H2,1-2H3,(H,25,33)(H,27,32). The van der Waals surface area contributed by atoms with Gasteiger partial charge in [-0.1, -0.05) is 6.07 Å². The summed E-state index contributed by atoms with van der Waals surface area (Å²) in [6.07, 6.45) is 3.54. The summed E-state index contributed by atoms with van der Waals surface area (Å²) in [6, 6.07) is 14.8. The SMILES string of the molecule is Cc1nn(C)c2nc(-c3cccs3)cc(C(=O)NCC(=O)Nc3ccc(-n4cccn4)cc3)c12. The van der Waals surface area contributed by atoms with Gasteiger partial charge in [0.05, 0.1) is 39.4 Å². The quantitative estimate of drug-likeness (QED) is 0.394. The van der Waals surface area contributed by atoms with Crippen LogP contribution < -0.4 is 10.6 Å². The number of benzene rings is 1. The molecule has 5 aromatic rings. The molecule has 0 saturated carbocycles. The van der Waals surface area contributed by atoms with Crippen molar-refractivity contribution < 1.29 is 9.59 Å². The smallest absolute Gasteiger partial charge is 0.252 e. The van der Waals surface area contributed by atoms with Gasteiger partial charge >= 0.3 is 0 Å². The summed E-state index contributed by atoms with van der Waals surface area (Å²) < 4.78 is 3.39. The Morgan fingerprint density at radius 2 is 1.94 bits per heavy atom. The summed E-state index contributed by atoms with van der Waals surface area (Å²) in [7, 11) is 1.80. The van der Waals surface area contributed by atoms with Crippen LogP contribution in [0.1, 0.15) is 16.1 Å². The van der Waals surface area contributed by atoms with E-state index in [1.807, 2.05) is 48.8 Å². The number of hydrogen-bond donors (Lipinski definition) is 2. The van der Waals surface area contributed by atoms with Gasteiger partial charge in [0.25, 0.3) is 5.91 Å². The van der Waals surface area contributed by atoms with Gasteiger partial charge in [-0.25, -0.2) is 9.67 Å². The lowest BCUT2D eigenvalue weighted by Crippen LogP contribution is -2.33. The molecule has 0 radical (unpaired) electrons. The lowest BCUT2D eigenvalue weighted by atomic mass is 10.1. The second-order valence-electron chi connectivity index (χ2n) is 7.67. The fraction of sp³-hybridized carbons (Fsp3) is 0.125. The number of nitrogens with zero attached hydrogens (tertiary/aromatic N) is 5. The van der Waals surface area contributed by atoms with Gasteiger partial charge in [-0.2, -0.15) is 10.2 Å². The van der Waals surface area contributed by atoms with Crippen LogP contribution in [0.2, 0.25) is 0 Å². The molecule has 2 N–H and O–H groups in total. The second kappa shape index (κ2) is 8.91. The van der Waals surface area contributed by atoms with E-state index >= 15 is 0 Å². The zero-order valence-corrected chi connectivity index (χ0v) is 19.3. The summed E-state index contributed by atoms with van der Waals surface area (Å²) in [5.41, 5.74) is 3.97. The minimum Gasteiger partial charge on any atom is -0.343 e. The molecule has 0 fully saturated rings. The molecule has 4 heterocycles. The lowest BCUT2D eigenvalue weighted by Gasteiger charge is -2.10. The topological polar surface area (TPSA) is 107 Å². The van der Waals surface area contributed by atoms with E-state index in [4.69, 9.17) is 4.98 Å². The van der Waals surface area contributed by atoms with Crippen LogP contribution in [0.4, 0.5) is 5.69 Å². The molecule has 0 unspecified atom stereocenters. The highest BCUT2D eigenvalue weighted by Gasteiger charge is 2.20. The van der Waals surface area contributed by atoms with Crippen LogP contribution in [0.3, 0.4) is 0 Å². The minimum atomic E-state index is -0.356. The Morgan fingerprint density at radius 1 is 1.12 bits per heavy atom. The van der Waals surface area contributed by atoms with Gasteiger partial charge in [-0.3, -0.25) is 14.3 Å². The maximum Gasteiger partial charge on any atom is 0.252 e. The Hall–Kier alpha value is -4.31. The minimum absolute atomic E-state index is 0.169. The van der Waals surface area contributed by atoms with Crippen molar-refractivity contribution in [3.63, 3.8) is 0 Å². The van der Waals surface area contributed by atoms with E-state index in [-0.39, 0.29) is 18.4 Å². The number of thiophene rings is 1. The zero-order valence-electron chi connectivity index (χ0n) is 18.5. The number of hydrogen-bond acceptors (Lipinski definition) is 6. The fourth-order valence-corrected chi connectivity index (χ4v) is 4.44. The average Bonchev–Trinajstić information content (AvgIpc) is 3.60. The molecule has 9 nitrogen and oxygen atoms in total. The molecule has 0 atom stereocenters. The molecule has 0 saturated heterocycles. The molecule has 0 bridgehead atoms. The number of carbonyl (C=O) groups excluding carboxylic acids is 2. The molecular weight excluding hydrogens is 450 g/mol. The third kappa shape index (κ3) is 4.18. The van der Waals surface area contributed by atoms with Crippen molar-refractivity contribution in [2.75, 3.05) is 11.9 Å². The molecule has 2 amide bonds. The highest BCUT2D eigenvalue weighted by Crippen LogP contribution is 2.29. The fourth-order valence-electron chi connectivity index (χ4n) is 3.75. The van der Waals surface area contributed by atoms with Crippen LogP contribution in [-0.4, -0.2) is 42.9 Å². The first-order valence-electron chi connectivity index (χ1n) is 10.6. The number of pyridine rings is 1. The van der Waals surface area contributed by atoms with E-state index in [1.54, 1.807) is 52.1 Å². The van der Waals surface area contributed by atoms with E-state index in [2.05, 4.69) is 20.8 Å². The van der Waals surface area contributed by atoms with Gasteiger partial charge in [0.15, 0.2) is 5.65 Å². The van der Waals surface area contributed by atoms with Crippen LogP contribution in [0, 0.1) is 6.92 Å². The number of rotatable bonds is 6. The van der Waals surface area contributed by atoms with Crippen LogP contribution in [-0.2, 0) is 11.8 Å². The van der Waals surface area contributed by atoms with Crippen LogP contribution in [0.25, 0.3) is 27.3 Å². The second-order valence-corrected chi connectivity index (χ2v) is 8.62. The van der Waals surface area contributed by atoms with Crippen LogP contribution in [0.5, 0.6) is 0 Å². The Labute approximate surface area is 199 Å². The van der Waals surface area contributed by atoms with Crippen LogP contribution >= 0.6 is 11.3 Å². The zero-order chi connectivity index (χ0) is 23.7. The van der Waals surface area contributed by atoms with E-state index in [1.165, 1.54) is 0 Å². The molecule has 0 aliphatic carbocycles. The molecule has 4 aromatic heterocycles. The molecular formula is C24H21N7O2S. The van der Waals surface area contributed by atoms with Gasteiger partial charge < -0.3 is 10.6 Å².